The molecule has 1 unspecified atom stereocenters. The van der Waals surface area contributed by atoms with Gasteiger partial charge in [-0.2, -0.15) is 0 Å². The number of carbonyl (C=O) groups excluding carboxylic acids is 1. The minimum atomic E-state index is -1.04. The summed E-state index contributed by atoms with van der Waals surface area (Å²) in [6.07, 6.45) is 1.64. The average molecular weight is 326 g/mol. The summed E-state index contributed by atoms with van der Waals surface area (Å²) in [6, 6.07) is 16.9. The van der Waals surface area contributed by atoms with E-state index in [0.29, 0.717) is 11.3 Å². The minimum Gasteiger partial charge on any atom is -0.478 e. The van der Waals surface area contributed by atoms with Crippen LogP contribution in [0.1, 0.15) is 25.0 Å². The van der Waals surface area contributed by atoms with Crippen LogP contribution in [-0.4, -0.2) is 21.8 Å². The molecular formula is C19H18O3S. The largest absolute Gasteiger partial charge is 0.478 e. The molecule has 1 atom stereocenters. The molecule has 1 aliphatic rings. The van der Waals surface area contributed by atoms with Crippen molar-refractivity contribution in [1.82, 2.24) is 0 Å². The number of carbonyl (C=O) groups is 1. The number of ether oxygens (including phenoxy) is 1. The molecule has 2 aromatic rings. The summed E-state index contributed by atoms with van der Waals surface area (Å²) in [7, 11) is -1.04. The van der Waals surface area contributed by atoms with E-state index in [9.17, 15) is 9.00 Å². The fraction of sp³-hybridized carbons (Fsp3) is 0.211. The summed E-state index contributed by atoms with van der Waals surface area (Å²) < 4.78 is 17.5. The van der Waals surface area contributed by atoms with Crippen LogP contribution in [0, 0.1) is 0 Å². The maximum atomic E-state index is 12.8. The fourth-order valence-electron chi connectivity index (χ4n) is 2.62. The SMILES string of the molecule is CS(=O)c1ccc(C2=C(c3ccccc3)OC(C)(C)C2=O)cc1. The van der Waals surface area contributed by atoms with Gasteiger partial charge >= 0.3 is 0 Å². The summed E-state index contributed by atoms with van der Waals surface area (Å²) in [5.41, 5.74) is 1.36. The Morgan fingerprint density at radius 2 is 1.52 bits per heavy atom. The highest BCUT2D eigenvalue weighted by Crippen LogP contribution is 2.41. The van der Waals surface area contributed by atoms with Gasteiger partial charge in [-0.3, -0.25) is 9.00 Å². The van der Waals surface area contributed by atoms with E-state index >= 15 is 0 Å². The van der Waals surface area contributed by atoms with E-state index in [-0.39, 0.29) is 5.78 Å². The summed E-state index contributed by atoms with van der Waals surface area (Å²) in [5.74, 6) is 0.563. The Morgan fingerprint density at radius 1 is 0.913 bits per heavy atom. The Hall–Kier alpha value is -2.20. The first-order chi connectivity index (χ1) is 10.9. The molecule has 0 radical (unpaired) electrons. The second-order valence-electron chi connectivity index (χ2n) is 5.99. The van der Waals surface area contributed by atoms with E-state index in [0.717, 1.165) is 16.0 Å². The molecule has 1 heterocycles. The van der Waals surface area contributed by atoms with Gasteiger partial charge in [0, 0.05) is 27.5 Å². The zero-order chi connectivity index (χ0) is 16.6. The van der Waals surface area contributed by atoms with Crippen LogP contribution in [0.15, 0.2) is 59.5 Å². The molecule has 0 aromatic heterocycles. The Kier molecular flexibility index (Phi) is 3.94. The van der Waals surface area contributed by atoms with Crippen LogP contribution in [0.4, 0.5) is 0 Å². The van der Waals surface area contributed by atoms with Gasteiger partial charge in [-0.15, -0.1) is 0 Å². The molecule has 0 bridgehead atoms. The van der Waals surface area contributed by atoms with Crippen LogP contribution in [0.5, 0.6) is 0 Å². The number of hydrogen-bond acceptors (Lipinski definition) is 3. The van der Waals surface area contributed by atoms with Gasteiger partial charge in [-0.1, -0.05) is 42.5 Å². The maximum absolute atomic E-state index is 12.8. The molecule has 1 aliphatic heterocycles. The lowest BCUT2D eigenvalue weighted by Crippen LogP contribution is -2.29. The van der Waals surface area contributed by atoms with Crippen LogP contribution in [-0.2, 0) is 20.3 Å². The van der Waals surface area contributed by atoms with Crippen LogP contribution in [0.3, 0.4) is 0 Å². The van der Waals surface area contributed by atoms with Crippen molar-refractivity contribution < 1.29 is 13.7 Å². The maximum Gasteiger partial charge on any atom is 0.210 e. The van der Waals surface area contributed by atoms with Crippen molar-refractivity contribution >= 4 is 27.9 Å². The first kappa shape index (κ1) is 15.7. The van der Waals surface area contributed by atoms with Gasteiger partial charge in [0.1, 0.15) is 5.76 Å². The zero-order valence-electron chi connectivity index (χ0n) is 13.3. The van der Waals surface area contributed by atoms with E-state index in [4.69, 9.17) is 4.74 Å². The Morgan fingerprint density at radius 3 is 2.09 bits per heavy atom. The van der Waals surface area contributed by atoms with Gasteiger partial charge in [0.2, 0.25) is 5.78 Å². The van der Waals surface area contributed by atoms with Crippen molar-refractivity contribution in [3.05, 3.63) is 65.7 Å². The van der Waals surface area contributed by atoms with Crippen LogP contribution in [0.25, 0.3) is 11.3 Å². The van der Waals surface area contributed by atoms with Crippen molar-refractivity contribution in [3.63, 3.8) is 0 Å². The predicted octanol–water partition coefficient (Wildman–Crippen LogP) is 3.67. The molecule has 23 heavy (non-hydrogen) atoms. The molecular weight excluding hydrogens is 308 g/mol. The highest BCUT2D eigenvalue weighted by Gasteiger charge is 2.42. The zero-order valence-corrected chi connectivity index (χ0v) is 14.1. The number of Topliss-reactive ketones (excluding diaryl/α,β-unsaturated/α-hetero) is 1. The van der Waals surface area contributed by atoms with Crippen molar-refractivity contribution in [3.8, 4) is 0 Å². The third-order valence-corrected chi connectivity index (χ3v) is 4.81. The van der Waals surface area contributed by atoms with Crippen LogP contribution >= 0.6 is 0 Å². The Balaban J connectivity index is 2.14. The van der Waals surface area contributed by atoms with Gasteiger partial charge in [0.15, 0.2) is 5.60 Å². The number of hydrogen-bond donors (Lipinski definition) is 0. The quantitative estimate of drug-likeness (QED) is 0.864. The second kappa shape index (κ2) is 5.78. The van der Waals surface area contributed by atoms with E-state index in [1.54, 1.807) is 32.2 Å². The highest BCUT2D eigenvalue weighted by molar-refractivity contribution is 7.84. The molecule has 0 saturated carbocycles. The molecule has 0 fully saturated rings. The first-order valence-electron chi connectivity index (χ1n) is 7.37. The van der Waals surface area contributed by atoms with Gasteiger partial charge in [0.05, 0.1) is 5.57 Å². The standard InChI is InChI=1S/C19H18O3S/c1-19(2)18(20)16(13-9-11-15(12-10-13)23(3)21)17(22-19)14-7-5-4-6-8-14/h4-12H,1-3H3. The van der Waals surface area contributed by atoms with E-state index in [1.165, 1.54) is 0 Å². The lowest BCUT2D eigenvalue weighted by atomic mass is 9.93. The van der Waals surface area contributed by atoms with Gasteiger partial charge < -0.3 is 4.74 Å². The molecule has 3 rings (SSSR count). The molecule has 118 valence electrons. The molecule has 0 aliphatic carbocycles. The summed E-state index contributed by atoms with van der Waals surface area (Å²) in [4.78, 5) is 13.5. The fourth-order valence-corrected chi connectivity index (χ4v) is 3.14. The molecule has 4 heteroatoms. The normalized spacial score (nSPS) is 18.0. The van der Waals surface area contributed by atoms with Gasteiger partial charge in [0.25, 0.3) is 0 Å². The van der Waals surface area contributed by atoms with E-state index in [1.807, 2.05) is 42.5 Å². The third kappa shape index (κ3) is 2.86. The molecule has 0 amide bonds. The summed E-state index contributed by atoms with van der Waals surface area (Å²) >= 11 is 0. The topological polar surface area (TPSA) is 43.4 Å². The van der Waals surface area contributed by atoms with Crippen LogP contribution in [0.2, 0.25) is 0 Å². The predicted molar refractivity (Wildman–Crippen MR) is 92.2 cm³/mol. The minimum absolute atomic E-state index is 0.0401. The monoisotopic (exact) mass is 326 g/mol. The van der Waals surface area contributed by atoms with Crippen molar-refractivity contribution in [1.29, 1.82) is 0 Å². The molecule has 0 N–H and O–H groups in total. The molecule has 0 saturated heterocycles. The van der Waals surface area contributed by atoms with Crippen LogP contribution < -0.4 is 0 Å². The molecule has 3 nitrogen and oxygen atoms in total. The Labute approximate surface area is 138 Å². The van der Waals surface area contributed by atoms with Crippen molar-refractivity contribution in [2.24, 2.45) is 0 Å². The Bertz CT molecular complexity index is 802. The third-order valence-electron chi connectivity index (χ3n) is 3.87. The highest BCUT2D eigenvalue weighted by atomic mass is 32.2. The number of rotatable bonds is 3. The number of benzene rings is 2. The van der Waals surface area contributed by atoms with Gasteiger partial charge in [-0.05, 0) is 31.5 Å². The van der Waals surface area contributed by atoms with E-state index in [2.05, 4.69) is 0 Å². The first-order valence-corrected chi connectivity index (χ1v) is 8.93. The van der Waals surface area contributed by atoms with Crippen molar-refractivity contribution in [2.45, 2.75) is 24.3 Å². The van der Waals surface area contributed by atoms with E-state index < -0.39 is 16.4 Å². The van der Waals surface area contributed by atoms with Crippen molar-refractivity contribution in [2.75, 3.05) is 6.26 Å². The smallest absolute Gasteiger partial charge is 0.210 e. The average Bonchev–Trinajstić information content (AvgIpc) is 2.79. The molecule has 0 spiro atoms. The lowest BCUT2D eigenvalue weighted by molar-refractivity contribution is -0.125. The summed E-state index contributed by atoms with van der Waals surface area (Å²) in [5, 5.41) is 0. The lowest BCUT2D eigenvalue weighted by Gasteiger charge is -2.17. The van der Waals surface area contributed by atoms with Gasteiger partial charge in [-0.25, -0.2) is 0 Å². The molecule has 2 aromatic carbocycles. The number of ketones is 1. The second-order valence-corrected chi connectivity index (χ2v) is 7.37. The summed E-state index contributed by atoms with van der Waals surface area (Å²) in [6.45, 7) is 3.56.